The lowest BCUT2D eigenvalue weighted by Crippen LogP contribution is -2.07. The van der Waals surface area contributed by atoms with Crippen LogP contribution in [0.4, 0.5) is 0 Å². The molecule has 0 heterocycles. The van der Waals surface area contributed by atoms with Crippen LogP contribution in [-0.4, -0.2) is 11.3 Å². The average molecular weight is 250 g/mol. The Morgan fingerprint density at radius 3 is 1.65 bits per heavy atom. The smallest absolute Gasteiger partial charge is 0.00632 e. The molecule has 0 amide bonds. The van der Waals surface area contributed by atoms with Crippen LogP contribution in [0, 0.1) is 20.8 Å². The molecule has 0 aromatic heterocycles. The topological polar surface area (TPSA) is 0 Å². The number of rotatable bonds is 4. The standard InChI is InChI=1S/C16H27P/c1-11(2)17(12(3)4)10-16-14(6)8-13(5)9-15(16)7/h8-9,11-12H,10H2,1-7H3. The van der Waals surface area contributed by atoms with E-state index in [-0.39, 0.29) is 7.92 Å². The lowest BCUT2D eigenvalue weighted by Gasteiger charge is -2.27. The van der Waals surface area contributed by atoms with E-state index in [0.29, 0.717) is 0 Å². The lowest BCUT2D eigenvalue weighted by molar-refractivity contribution is 0.991. The summed E-state index contributed by atoms with van der Waals surface area (Å²) in [4.78, 5) is 0. The minimum Gasteiger partial charge on any atom is -0.0969 e. The number of benzene rings is 1. The van der Waals surface area contributed by atoms with Gasteiger partial charge >= 0.3 is 0 Å². The van der Waals surface area contributed by atoms with Crippen molar-refractivity contribution in [1.29, 1.82) is 0 Å². The van der Waals surface area contributed by atoms with Crippen LogP contribution in [0.15, 0.2) is 12.1 Å². The second-order valence-electron chi connectivity index (χ2n) is 5.74. The predicted molar refractivity (Wildman–Crippen MR) is 81.5 cm³/mol. The van der Waals surface area contributed by atoms with Crippen molar-refractivity contribution in [2.45, 2.75) is 65.9 Å². The Labute approximate surface area is 109 Å². The van der Waals surface area contributed by atoms with Gasteiger partial charge in [0.2, 0.25) is 0 Å². The molecule has 1 aromatic rings. The number of hydrogen-bond donors (Lipinski definition) is 0. The first kappa shape index (κ1) is 14.7. The summed E-state index contributed by atoms with van der Waals surface area (Å²) in [5, 5.41) is 0. The van der Waals surface area contributed by atoms with Gasteiger partial charge in [0.25, 0.3) is 0 Å². The van der Waals surface area contributed by atoms with Gasteiger partial charge in [-0.05, 0) is 54.9 Å². The van der Waals surface area contributed by atoms with Crippen molar-refractivity contribution in [3.63, 3.8) is 0 Å². The van der Waals surface area contributed by atoms with Crippen molar-refractivity contribution < 1.29 is 0 Å². The van der Waals surface area contributed by atoms with Crippen molar-refractivity contribution >= 4 is 7.92 Å². The minimum absolute atomic E-state index is 0.103. The van der Waals surface area contributed by atoms with E-state index in [4.69, 9.17) is 0 Å². The molecule has 0 aliphatic carbocycles. The Morgan fingerprint density at radius 1 is 0.882 bits per heavy atom. The fourth-order valence-electron chi connectivity index (χ4n) is 2.60. The summed E-state index contributed by atoms with van der Waals surface area (Å²) in [5.41, 5.74) is 7.61. The summed E-state index contributed by atoms with van der Waals surface area (Å²) in [6.45, 7) is 16.2. The molecule has 0 saturated carbocycles. The molecule has 1 rings (SSSR count). The third-order valence-corrected chi connectivity index (χ3v) is 6.84. The first-order valence-corrected chi connectivity index (χ1v) is 8.32. The second-order valence-corrected chi connectivity index (χ2v) is 9.15. The maximum absolute atomic E-state index is 2.38. The van der Waals surface area contributed by atoms with E-state index in [1.165, 1.54) is 22.9 Å². The molecule has 0 bridgehead atoms. The van der Waals surface area contributed by atoms with Crippen LogP contribution in [0.2, 0.25) is 0 Å². The van der Waals surface area contributed by atoms with Crippen LogP contribution in [-0.2, 0) is 6.16 Å². The quantitative estimate of drug-likeness (QED) is 0.627. The van der Waals surface area contributed by atoms with E-state index >= 15 is 0 Å². The summed E-state index contributed by atoms with van der Waals surface area (Å²) in [6, 6.07) is 4.66. The fraction of sp³-hybridized carbons (Fsp3) is 0.625. The zero-order chi connectivity index (χ0) is 13.2. The Balaban J connectivity index is 3.01. The molecule has 0 spiro atoms. The Bertz CT molecular complexity index is 346. The van der Waals surface area contributed by atoms with E-state index in [0.717, 1.165) is 11.3 Å². The van der Waals surface area contributed by atoms with Crippen LogP contribution < -0.4 is 0 Å². The minimum atomic E-state index is 0.103. The van der Waals surface area contributed by atoms with Gasteiger partial charge in [0.05, 0.1) is 0 Å². The number of hydrogen-bond acceptors (Lipinski definition) is 0. The van der Waals surface area contributed by atoms with Gasteiger partial charge in [0.1, 0.15) is 0 Å². The monoisotopic (exact) mass is 250 g/mol. The highest BCUT2D eigenvalue weighted by Crippen LogP contribution is 2.49. The van der Waals surface area contributed by atoms with Crippen LogP contribution in [0.25, 0.3) is 0 Å². The maximum atomic E-state index is 2.38. The highest BCUT2D eigenvalue weighted by molar-refractivity contribution is 7.58. The molecular formula is C16H27P. The van der Waals surface area contributed by atoms with Gasteiger partial charge in [0, 0.05) is 0 Å². The van der Waals surface area contributed by atoms with Crippen molar-refractivity contribution in [2.24, 2.45) is 0 Å². The van der Waals surface area contributed by atoms with E-state index in [1.807, 2.05) is 0 Å². The third-order valence-electron chi connectivity index (χ3n) is 3.51. The lowest BCUT2D eigenvalue weighted by atomic mass is 10.0. The average Bonchev–Trinajstić information content (AvgIpc) is 2.14. The van der Waals surface area contributed by atoms with Crippen molar-refractivity contribution in [3.05, 3.63) is 34.4 Å². The Morgan fingerprint density at radius 2 is 1.29 bits per heavy atom. The molecule has 0 aliphatic heterocycles. The van der Waals surface area contributed by atoms with Crippen LogP contribution in [0.3, 0.4) is 0 Å². The first-order valence-electron chi connectivity index (χ1n) is 6.65. The van der Waals surface area contributed by atoms with Gasteiger partial charge in [-0.2, -0.15) is 0 Å². The van der Waals surface area contributed by atoms with Gasteiger partial charge in [0.15, 0.2) is 0 Å². The summed E-state index contributed by atoms with van der Waals surface area (Å²) < 4.78 is 0. The van der Waals surface area contributed by atoms with Gasteiger partial charge in [-0.25, -0.2) is 0 Å². The highest BCUT2D eigenvalue weighted by Gasteiger charge is 2.18. The molecule has 0 fully saturated rings. The zero-order valence-corrected chi connectivity index (χ0v) is 13.4. The highest BCUT2D eigenvalue weighted by atomic mass is 31.1. The van der Waals surface area contributed by atoms with Crippen molar-refractivity contribution in [2.75, 3.05) is 0 Å². The van der Waals surface area contributed by atoms with Gasteiger partial charge < -0.3 is 0 Å². The fourth-order valence-corrected chi connectivity index (χ4v) is 5.39. The second kappa shape index (κ2) is 6.01. The molecule has 0 unspecified atom stereocenters. The van der Waals surface area contributed by atoms with Crippen LogP contribution in [0.5, 0.6) is 0 Å². The van der Waals surface area contributed by atoms with Crippen molar-refractivity contribution in [3.8, 4) is 0 Å². The number of aryl methyl sites for hydroxylation is 3. The van der Waals surface area contributed by atoms with Crippen LogP contribution in [0.1, 0.15) is 49.9 Å². The summed E-state index contributed by atoms with van der Waals surface area (Å²) in [5.74, 6) is 0. The molecule has 0 N–H and O–H groups in total. The van der Waals surface area contributed by atoms with E-state index in [1.54, 1.807) is 5.56 Å². The molecule has 0 nitrogen and oxygen atoms in total. The van der Waals surface area contributed by atoms with Gasteiger partial charge in [-0.1, -0.05) is 53.3 Å². The predicted octanol–water partition coefficient (Wildman–Crippen LogP) is 5.41. The Kier molecular flexibility index (Phi) is 5.20. The molecule has 1 aromatic carbocycles. The SMILES string of the molecule is Cc1cc(C)c(CP(C(C)C)C(C)C)c(C)c1. The maximum Gasteiger partial charge on any atom is -0.00632 e. The molecule has 0 atom stereocenters. The first-order chi connectivity index (χ1) is 7.82. The van der Waals surface area contributed by atoms with E-state index < -0.39 is 0 Å². The van der Waals surface area contributed by atoms with E-state index in [9.17, 15) is 0 Å². The Hall–Kier alpha value is -0.350. The molecule has 0 aliphatic rings. The van der Waals surface area contributed by atoms with Gasteiger partial charge in [-0.15, -0.1) is 0 Å². The van der Waals surface area contributed by atoms with E-state index in [2.05, 4.69) is 60.6 Å². The normalized spacial score (nSPS) is 11.9. The van der Waals surface area contributed by atoms with Crippen molar-refractivity contribution in [1.82, 2.24) is 0 Å². The summed E-state index contributed by atoms with van der Waals surface area (Å²) >= 11 is 0. The summed E-state index contributed by atoms with van der Waals surface area (Å²) in [7, 11) is 0.103. The van der Waals surface area contributed by atoms with Gasteiger partial charge in [-0.3, -0.25) is 0 Å². The zero-order valence-electron chi connectivity index (χ0n) is 12.5. The molecule has 96 valence electrons. The molecule has 0 radical (unpaired) electrons. The molecular weight excluding hydrogens is 223 g/mol. The molecule has 17 heavy (non-hydrogen) atoms. The summed E-state index contributed by atoms with van der Waals surface area (Å²) in [6.07, 6.45) is 1.29. The molecule has 0 saturated heterocycles. The molecule has 1 heteroatoms. The third kappa shape index (κ3) is 3.81. The largest absolute Gasteiger partial charge is 0.0969 e. The van der Waals surface area contributed by atoms with Crippen LogP contribution >= 0.6 is 7.92 Å².